The van der Waals surface area contributed by atoms with E-state index in [9.17, 15) is 9.18 Å². The summed E-state index contributed by atoms with van der Waals surface area (Å²) in [5.74, 6) is 0.924. The van der Waals surface area contributed by atoms with E-state index in [2.05, 4.69) is 14.7 Å². The van der Waals surface area contributed by atoms with Crippen LogP contribution in [0.15, 0.2) is 18.2 Å². The zero-order chi connectivity index (χ0) is 18.5. The van der Waals surface area contributed by atoms with Crippen molar-refractivity contribution in [3.63, 3.8) is 0 Å². The van der Waals surface area contributed by atoms with E-state index < -0.39 is 0 Å². The molecule has 0 N–H and O–H groups in total. The maximum Gasteiger partial charge on any atom is 0.143 e. The first-order chi connectivity index (χ1) is 12.5. The van der Waals surface area contributed by atoms with Gasteiger partial charge in [0.25, 0.3) is 0 Å². The lowest BCUT2D eigenvalue weighted by atomic mass is 9.93. The molecule has 0 bridgehead atoms. The summed E-state index contributed by atoms with van der Waals surface area (Å²) in [5, 5.41) is 0. The molecule has 0 saturated carbocycles. The number of benzene rings is 1. The molecule has 7 heteroatoms. The molecule has 0 atom stereocenters. The van der Waals surface area contributed by atoms with Gasteiger partial charge in [0.1, 0.15) is 11.6 Å². The molecule has 4 nitrogen and oxygen atoms in total. The van der Waals surface area contributed by atoms with Crippen LogP contribution >= 0.6 is 24.8 Å². The molecule has 1 aromatic rings. The highest BCUT2D eigenvalue weighted by Crippen LogP contribution is 2.24. The molecule has 2 heterocycles. The van der Waals surface area contributed by atoms with Crippen LogP contribution in [-0.4, -0.2) is 67.9 Å². The van der Waals surface area contributed by atoms with Gasteiger partial charge in [0, 0.05) is 31.9 Å². The second-order valence-electron chi connectivity index (χ2n) is 7.97. The van der Waals surface area contributed by atoms with Crippen LogP contribution in [0.4, 0.5) is 10.1 Å². The van der Waals surface area contributed by atoms with Crippen LogP contribution in [0.25, 0.3) is 0 Å². The van der Waals surface area contributed by atoms with Crippen molar-refractivity contribution in [1.82, 2.24) is 9.80 Å². The average Bonchev–Trinajstić information content (AvgIpc) is 2.61. The Morgan fingerprint density at radius 1 is 1.04 bits per heavy atom. The highest BCUT2D eigenvalue weighted by molar-refractivity contribution is 5.85. The van der Waals surface area contributed by atoms with Gasteiger partial charge in [-0.1, -0.05) is 0 Å². The van der Waals surface area contributed by atoms with Crippen LogP contribution in [0, 0.1) is 18.7 Å². The first-order valence-electron chi connectivity index (χ1n) is 9.96. The molecular weight excluding hydrogens is 400 g/mol. The predicted octanol–water partition coefficient (Wildman–Crippen LogP) is 3.79. The van der Waals surface area contributed by atoms with Crippen molar-refractivity contribution in [1.29, 1.82) is 0 Å². The Labute approximate surface area is 181 Å². The summed E-state index contributed by atoms with van der Waals surface area (Å²) < 4.78 is 13.3. The fourth-order valence-electron chi connectivity index (χ4n) is 4.30. The van der Waals surface area contributed by atoms with Crippen molar-refractivity contribution in [2.45, 2.75) is 33.1 Å². The van der Waals surface area contributed by atoms with Crippen molar-refractivity contribution in [2.24, 2.45) is 5.92 Å². The summed E-state index contributed by atoms with van der Waals surface area (Å²) in [6.45, 7) is 11.8. The van der Waals surface area contributed by atoms with Crippen LogP contribution in [-0.2, 0) is 4.79 Å². The molecule has 0 unspecified atom stereocenters. The molecule has 2 saturated heterocycles. The molecule has 2 aliphatic heterocycles. The van der Waals surface area contributed by atoms with Gasteiger partial charge in [0.05, 0.1) is 6.54 Å². The number of carbonyl (C=O) groups excluding carboxylic acids is 1. The molecule has 2 aliphatic rings. The summed E-state index contributed by atoms with van der Waals surface area (Å²) in [5.41, 5.74) is 2.19. The molecule has 1 aromatic carbocycles. The van der Waals surface area contributed by atoms with Gasteiger partial charge in [-0.2, -0.15) is 0 Å². The maximum absolute atomic E-state index is 13.3. The summed E-state index contributed by atoms with van der Waals surface area (Å²) in [7, 11) is 0. The standard InChI is InChI=1S/C21H32FN3O.2ClH/c1-17-15-20(22)3-4-21(17)25-13-11-23(12-14-25)8-5-19-6-9-24(10-7-19)16-18(2)26;;/h3-4,15,19H,5-14,16H2,1-2H3;2*1H. The molecular formula is C21H34Cl2FN3O. The molecule has 0 amide bonds. The Balaban J connectivity index is 0.00000196. The third kappa shape index (κ3) is 7.18. The quantitative estimate of drug-likeness (QED) is 0.681. The number of carbonyl (C=O) groups is 1. The van der Waals surface area contributed by atoms with Crippen molar-refractivity contribution < 1.29 is 9.18 Å². The molecule has 0 radical (unpaired) electrons. The second kappa shape index (κ2) is 12.0. The predicted molar refractivity (Wildman–Crippen MR) is 119 cm³/mol. The number of aryl methyl sites for hydroxylation is 1. The molecule has 2 fully saturated rings. The summed E-state index contributed by atoms with van der Waals surface area (Å²) in [6, 6.07) is 5.10. The largest absolute Gasteiger partial charge is 0.369 e. The van der Waals surface area contributed by atoms with E-state index in [0.29, 0.717) is 6.54 Å². The maximum atomic E-state index is 13.3. The van der Waals surface area contributed by atoms with Crippen LogP contribution in [0.1, 0.15) is 31.7 Å². The van der Waals surface area contributed by atoms with Crippen molar-refractivity contribution in [3.05, 3.63) is 29.6 Å². The van der Waals surface area contributed by atoms with Gasteiger partial charge in [-0.3, -0.25) is 14.6 Å². The normalized spacial score (nSPS) is 19.0. The van der Waals surface area contributed by atoms with Gasteiger partial charge in [0.15, 0.2) is 0 Å². The van der Waals surface area contributed by atoms with E-state index in [1.54, 1.807) is 19.1 Å². The number of piperazine rings is 1. The lowest BCUT2D eigenvalue weighted by molar-refractivity contribution is -0.118. The van der Waals surface area contributed by atoms with E-state index in [0.717, 1.165) is 50.7 Å². The minimum atomic E-state index is -0.153. The zero-order valence-corrected chi connectivity index (χ0v) is 18.7. The Hall–Kier alpha value is -0.880. The van der Waals surface area contributed by atoms with E-state index >= 15 is 0 Å². The number of likely N-dealkylation sites (tertiary alicyclic amines) is 1. The minimum absolute atomic E-state index is 0. The van der Waals surface area contributed by atoms with E-state index in [4.69, 9.17) is 0 Å². The molecule has 3 rings (SSSR count). The summed E-state index contributed by atoms with van der Waals surface area (Å²) >= 11 is 0. The first-order valence-corrected chi connectivity index (χ1v) is 9.96. The SMILES string of the molecule is CC(=O)CN1CCC(CCN2CCN(c3ccc(F)cc3C)CC2)CC1.Cl.Cl. The molecule has 0 aliphatic carbocycles. The topological polar surface area (TPSA) is 26.8 Å². The molecule has 28 heavy (non-hydrogen) atoms. The number of hydrogen-bond acceptors (Lipinski definition) is 4. The van der Waals surface area contributed by atoms with Gasteiger partial charge in [-0.05, 0) is 82.4 Å². The van der Waals surface area contributed by atoms with E-state index in [1.807, 2.05) is 13.0 Å². The number of piperidine rings is 1. The molecule has 0 aromatic heterocycles. The Kier molecular flexibility index (Phi) is 10.7. The van der Waals surface area contributed by atoms with Crippen molar-refractivity contribution in [2.75, 3.05) is 57.3 Å². The number of halogens is 3. The smallest absolute Gasteiger partial charge is 0.143 e. The van der Waals surface area contributed by atoms with Gasteiger partial charge in [-0.25, -0.2) is 4.39 Å². The van der Waals surface area contributed by atoms with E-state index in [-0.39, 0.29) is 36.4 Å². The van der Waals surface area contributed by atoms with Crippen molar-refractivity contribution >= 4 is 36.3 Å². The number of nitrogens with zero attached hydrogens (tertiary/aromatic N) is 3. The fraction of sp³-hybridized carbons (Fsp3) is 0.667. The van der Waals surface area contributed by atoms with E-state index in [1.165, 1.54) is 31.5 Å². The van der Waals surface area contributed by atoms with Gasteiger partial charge >= 0.3 is 0 Å². The lowest BCUT2D eigenvalue weighted by Crippen LogP contribution is -2.47. The number of ketones is 1. The van der Waals surface area contributed by atoms with Crippen LogP contribution in [0.5, 0.6) is 0 Å². The third-order valence-corrected chi connectivity index (χ3v) is 5.88. The van der Waals surface area contributed by atoms with Crippen LogP contribution in [0.3, 0.4) is 0 Å². The van der Waals surface area contributed by atoms with Gasteiger partial charge in [0.2, 0.25) is 0 Å². The minimum Gasteiger partial charge on any atom is -0.369 e. The average molecular weight is 434 g/mol. The highest BCUT2D eigenvalue weighted by atomic mass is 35.5. The molecule has 160 valence electrons. The Bertz CT molecular complexity index is 616. The molecule has 0 spiro atoms. The third-order valence-electron chi connectivity index (χ3n) is 5.88. The lowest BCUT2D eigenvalue weighted by Gasteiger charge is -2.38. The number of rotatable bonds is 6. The van der Waals surface area contributed by atoms with Gasteiger partial charge in [-0.15, -0.1) is 24.8 Å². The van der Waals surface area contributed by atoms with Crippen molar-refractivity contribution in [3.8, 4) is 0 Å². The summed E-state index contributed by atoms with van der Waals surface area (Å²) in [6.07, 6.45) is 3.72. The number of hydrogen-bond donors (Lipinski definition) is 0. The second-order valence-corrected chi connectivity index (χ2v) is 7.97. The van der Waals surface area contributed by atoms with Crippen LogP contribution in [0.2, 0.25) is 0 Å². The summed E-state index contributed by atoms with van der Waals surface area (Å²) in [4.78, 5) is 18.5. The Morgan fingerprint density at radius 2 is 1.68 bits per heavy atom. The number of Topliss-reactive ketones (excluding diaryl/α,β-unsaturated/α-hetero) is 1. The monoisotopic (exact) mass is 433 g/mol. The number of anilines is 1. The first kappa shape index (κ1) is 25.2. The van der Waals surface area contributed by atoms with Gasteiger partial charge < -0.3 is 4.90 Å². The fourth-order valence-corrected chi connectivity index (χ4v) is 4.30. The Morgan fingerprint density at radius 3 is 2.25 bits per heavy atom. The highest BCUT2D eigenvalue weighted by Gasteiger charge is 2.22. The zero-order valence-electron chi connectivity index (χ0n) is 17.0. The van der Waals surface area contributed by atoms with Crippen LogP contribution < -0.4 is 4.90 Å².